The van der Waals surface area contributed by atoms with E-state index in [4.69, 9.17) is 11.6 Å². The number of likely N-dealkylation sites (N-methyl/N-ethyl adjacent to an activating group) is 2. The van der Waals surface area contributed by atoms with Crippen molar-refractivity contribution in [3.05, 3.63) is 29.0 Å². The van der Waals surface area contributed by atoms with Crippen molar-refractivity contribution < 1.29 is 12.8 Å². The van der Waals surface area contributed by atoms with E-state index in [9.17, 15) is 12.8 Å². The summed E-state index contributed by atoms with van der Waals surface area (Å²) in [6, 6.07) is 3.47. The quantitative estimate of drug-likeness (QED) is 0.885. The standard InChI is InChI=1S/C10H14ClFN2O2S/c1-13-5-6-14(2)17(15,16)10-7-8(11)3-4-9(10)12/h3-4,7,13H,5-6H2,1-2H3. The van der Waals surface area contributed by atoms with Crippen LogP contribution in [0.15, 0.2) is 23.1 Å². The molecule has 1 N–H and O–H groups in total. The molecule has 0 saturated heterocycles. The van der Waals surface area contributed by atoms with Crippen molar-refractivity contribution in [1.82, 2.24) is 9.62 Å². The average molecular weight is 281 g/mol. The second-order valence-corrected chi connectivity index (χ2v) is 5.95. The molecule has 4 nitrogen and oxygen atoms in total. The van der Waals surface area contributed by atoms with Crippen LogP contribution in [-0.4, -0.2) is 39.9 Å². The highest BCUT2D eigenvalue weighted by Gasteiger charge is 2.24. The zero-order valence-corrected chi connectivity index (χ0v) is 11.1. The zero-order chi connectivity index (χ0) is 13.1. The van der Waals surface area contributed by atoms with Gasteiger partial charge in [-0.05, 0) is 25.2 Å². The Morgan fingerprint density at radius 1 is 1.47 bits per heavy atom. The number of nitrogens with zero attached hydrogens (tertiary/aromatic N) is 1. The average Bonchev–Trinajstić information content (AvgIpc) is 2.28. The Labute approximate surface area is 105 Å². The Morgan fingerprint density at radius 3 is 2.71 bits per heavy atom. The van der Waals surface area contributed by atoms with E-state index in [-0.39, 0.29) is 11.6 Å². The van der Waals surface area contributed by atoms with Crippen molar-refractivity contribution in [1.29, 1.82) is 0 Å². The van der Waals surface area contributed by atoms with Crippen molar-refractivity contribution in [3.8, 4) is 0 Å². The third-order valence-corrected chi connectivity index (χ3v) is 4.37. The minimum absolute atomic E-state index is 0.187. The second kappa shape index (κ2) is 5.77. The Balaban J connectivity index is 3.08. The first-order chi connectivity index (χ1) is 7.89. The minimum atomic E-state index is -3.83. The first kappa shape index (κ1) is 14.4. The number of halogens is 2. The first-order valence-electron chi connectivity index (χ1n) is 4.95. The van der Waals surface area contributed by atoms with Crippen molar-refractivity contribution >= 4 is 21.6 Å². The lowest BCUT2D eigenvalue weighted by Gasteiger charge is -2.17. The van der Waals surface area contributed by atoms with Crippen LogP contribution in [0.4, 0.5) is 4.39 Å². The molecule has 1 rings (SSSR count). The fourth-order valence-corrected chi connectivity index (χ4v) is 2.73. The van der Waals surface area contributed by atoms with Gasteiger partial charge in [-0.15, -0.1) is 0 Å². The molecule has 0 atom stereocenters. The second-order valence-electron chi connectivity index (χ2n) is 3.50. The summed E-state index contributed by atoms with van der Waals surface area (Å²) in [7, 11) is -0.726. The molecule has 0 aliphatic rings. The number of nitrogens with one attached hydrogen (secondary N) is 1. The number of benzene rings is 1. The highest BCUT2D eigenvalue weighted by molar-refractivity contribution is 7.89. The van der Waals surface area contributed by atoms with Crippen molar-refractivity contribution in [2.75, 3.05) is 27.2 Å². The molecule has 0 unspecified atom stereocenters. The smallest absolute Gasteiger partial charge is 0.245 e. The molecular formula is C10H14ClFN2O2S. The van der Waals surface area contributed by atoms with Gasteiger partial charge < -0.3 is 5.32 Å². The number of hydrogen-bond acceptors (Lipinski definition) is 3. The predicted octanol–water partition coefficient (Wildman–Crippen LogP) is 1.32. The van der Waals surface area contributed by atoms with Crippen LogP contribution in [0.2, 0.25) is 5.02 Å². The van der Waals surface area contributed by atoms with Crippen LogP contribution in [0.1, 0.15) is 0 Å². The molecule has 0 amide bonds. The molecule has 0 bridgehead atoms. The molecule has 96 valence electrons. The molecule has 0 fully saturated rings. The number of rotatable bonds is 5. The van der Waals surface area contributed by atoms with Gasteiger partial charge in [0.2, 0.25) is 10.0 Å². The Kier molecular flexibility index (Phi) is 4.88. The Hall–Kier alpha value is -0.690. The SMILES string of the molecule is CNCCN(C)S(=O)(=O)c1cc(Cl)ccc1F. The topological polar surface area (TPSA) is 49.4 Å². The summed E-state index contributed by atoms with van der Waals surface area (Å²) < 4.78 is 38.6. The van der Waals surface area contributed by atoms with Gasteiger partial charge in [-0.2, -0.15) is 4.31 Å². The van der Waals surface area contributed by atoms with E-state index in [0.29, 0.717) is 6.54 Å². The van der Waals surface area contributed by atoms with Crippen LogP contribution in [0.25, 0.3) is 0 Å². The van der Waals surface area contributed by atoms with Crippen LogP contribution >= 0.6 is 11.6 Å². The number of sulfonamides is 1. The molecular weight excluding hydrogens is 267 g/mol. The summed E-state index contributed by atoms with van der Waals surface area (Å²) >= 11 is 5.67. The van der Waals surface area contributed by atoms with Crippen molar-refractivity contribution in [3.63, 3.8) is 0 Å². The first-order valence-corrected chi connectivity index (χ1v) is 6.77. The summed E-state index contributed by atoms with van der Waals surface area (Å²) in [5.41, 5.74) is 0. The largest absolute Gasteiger partial charge is 0.318 e. The summed E-state index contributed by atoms with van der Waals surface area (Å²) in [4.78, 5) is -0.399. The molecule has 1 aromatic rings. The lowest BCUT2D eigenvalue weighted by Crippen LogP contribution is -2.33. The minimum Gasteiger partial charge on any atom is -0.318 e. The summed E-state index contributed by atoms with van der Waals surface area (Å²) in [6.45, 7) is 0.739. The molecule has 0 spiro atoms. The van der Waals surface area contributed by atoms with Gasteiger partial charge in [0.25, 0.3) is 0 Å². The van der Waals surface area contributed by atoms with Gasteiger partial charge in [-0.1, -0.05) is 11.6 Å². The molecule has 0 aromatic heterocycles. The van der Waals surface area contributed by atoms with Gasteiger partial charge in [0.05, 0.1) is 0 Å². The van der Waals surface area contributed by atoms with Crippen molar-refractivity contribution in [2.45, 2.75) is 4.90 Å². The molecule has 7 heteroatoms. The predicted molar refractivity (Wildman–Crippen MR) is 65.2 cm³/mol. The maximum atomic E-state index is 13.5. The van der Waals surface area contributed by atoms with Crippen LogP contribution in [-0.2, 0) is 10.0 Å². The monoisotopic (exact) mass is 280 g/mol. The van der Waals surface area contributed by atoms with E-state index >= 15 is 0 Å². The van der Waals surface area contributed by atoms with E-state index in [1.54, 1.807) is 7.05 Å². The zero-order valence-electron chi connectivity index (χ0n) is 9.57. The van der Waals surface area contributed by atoms with Gasteiger partial charge in [-0.3, -0.25) is 0 Å². The Morgan fingerprint density at radius 2 is 2.12 bits per heavy atom. The van der Waals surface area contributed by atoms with Gasteiger partial charge in [-0.25, -0.2) is 12.8 Å². The van der Waals surface area contributed by atoms with Crippen LogP contribution < -0.4 is 5.32 Å². The van der Waals surface area contributed by atoms with Gasteiger partial charge >= 0.3 is 0 Å². The molecule has 1 aromatic carbocycles. The van der Waals surface area contributed by atoms with E-state index in [2.05, 4.69) is 5.32 Å². The fourth-order valence-electron chi connectivity index (χ4n) is 1.23. The van der Waals surface area contributed by atoms with Gasteiger partial charge in [0.1, 0.15) is 10.7 Å². The van der Waals surface area contributed by atoms with Gasteiger partial charge in [0.15, 0.2) is 0 Å². The fraction of sp³-hybridized carbons (Fsp3) is 0.400. The van der Waals surface area contributed by atoms with E-state index < -0.39 is 20.7 Å². The van der Waals surface area contributed by atoms with Crippen LogP contribution in [0.5, 0.6) is 0 Å². The molecule has 0 saturated carbocycles. The normalized spacial score (nSPS) is 12.1. The van der Waals surface area contributed by atoms with Crippen molar-refractivity contribution in [2.24, 2.45) is 0 Å². The molecule has 0 aliphatic carbocycles. The summed E-state index contributed by atoms with van der Waals surface area (Å²) in [5.74, 6) is -0.800. The lowest BCUT2D eigenvalue weighted by atomic mass is 10.3. The highest BCUT2D eigenvalue weighted by Crippen LogP contribution is 2.22. The molecule has 17 heavy (non-hydrogen) atoms. The lowest BCUT2D eigenvalue weighted by molar-refractivity contribution is 0.459. The summed E-state index contributed by atoms with van der Waals surface area (Å²) in [6.07, 6.45) is 0. The van der Waals surface area contributed by atoms with Crippen LogP contribution in [0.3, 0.4) is 0 Å². The van der Waals surface area contributed by atoms with Gasteiger partial charge in [0, 0.05) is 25.2 Å². The third kappa shape index (κ3) is 3.38. The summed E-state index contributed by atoms with van der Waals surface area (Å²) in [5, 5.41) is 3.01. The molecule has 0 radical (unpaired) electrons. The molecule has 0 aliphatic heterocycles. The van der Waals surface area contributed by atoms with E-state index in [1.165, 1.54) is 13.1 Å². The number of hydrogen-bond donors (Lipinski definition) is 1. The van der Waals surface area contributed by atoms with E-state index in [1.807, 2.05) is 0 Å². The molecule has 0 heterocycles. The Bertz CT molecular complexity index is 493. The third-order valence-electron chi connectivity index (χ3n) is 2.26. The van der Waals surface area contributed by atoms with E-state index in [0.717, 1.165) is 16.4 Å². The highest BCUT2D eigenvalue weighted by atomic mass is 35.5. The maximum Gasteiger partial charge on any atom is 0.245 e. The van der Waals surface area contributed by atoms with Crippen LogP contribution in [0, 0.1) is 5.82 Å². The maximum absolute atomic E-state index is 13.5.